The van der Waals surface area contributed by atoms with Gasteiger partial charge in [0.15, 0.2) is 5.78 Å². The van der Waals surface area contributed by atoms with Gasteiger partial charge in [-0.2, -0.15) is 0 Å². The molecule has 0 radical (unpaired) electrons. The van der Waals surface area contributed by atoms with E-state index in [-0.39, 0.29) is 0 Å². The van der Waals surface area contributed by atoms with Gasteiger partial charge in [-0.05, 0) is 6.92 Å². The average molecular weight is 164 g/mol. The first-order chi connectivity index (χ1) is 5.00. The zero-order chi connectivity index (χ0) is 9.02. The maximum atomic E-state index is 10.5. The molecule has 4 N–H and O–H groups in total. The number of ketones is 1. The van der Waals surface area contributed by atoms with Crippen LogP contribution in [-0.4, -0.2) is 51.1 Å². The van der Waals surface area contributed by atoms with E-state index in [0.717, 1.165) is 0 Å². The fraction of sp³-hybridized carbons (Fsp3) is 0.833. The molecule has 0 bridgehead atoms. The van der Waals surface area contributed by atoms with Gasteiger partial charge in [-0.3, -0.25) is 4.79 Å². The number of Topliss-reactive ketones (excluding diaryl/α,β-unsaturated/α-hetero) is 1. The Morgan fingerprint density at radius 3 is 2.09 bits per heavy atom. The molecule has 0 aromatic carbocycles. The molecule has 11 heavy (non-hydrogen) atoms. The first kappa shape index (κ1) is 10.5. The largest absolute Gasteiger partial charge is 0.391 e. The normalized spacial score (nSPS) is 19.0. The Morgan fingerprint density at radius 1 is 1.36 bits per heavy atom. The van der Waals surface area contributed by atoms with Gasteiger partial charge in [0.2, 0.25) is 0 Å². The Kier molecular flexibility index (Phi) is 4.20. The van der Waals surface area contributed by atoms with Crippen molar-refractivity contribution in [2.45, 2.75) is 25.2 Å². The van der Waals surface area contributed by atoms with E-state index in [1.54, 1.807) is 0 Å². The molecule has 0 aliphatic rings. The summed E-state index contributed by atoms with van der Waals surface area (Å²) in [6.45, 7) is 0.392. The highest BCUT2D eigenvalue weighted by molar-refractivity contribution is 5.84. The van der Waals surface area contributed by atoms with Gasteiger partial charge in [-0.15, -0.1) is 0 Å². The van der Waals surface area contributed by atoms with Crippen LogP contribution in [0.4, 0.5) is 0 Å². The molecular formula is C6H12O5. The predicted octanol–water partition coefficient (Wildman–Crippen LogP) is -2.35. The summed E-state index contributed by atoms with van der Waals surface area (Å²) in [4.78, 5) is 10.5. The molecule has 5 nitrogen and oxygen atoms in total. The van der Waals surface area contributed by atoms with Gasteiger partial charge in [0.25, 0.3) is 0 Å². The van der Waals surface area contributed by atoms with Gasteiger partial charge in [-0.1, -0.05) is 0 Å². The molecule has 1 unspecified atom stereocenters. The van der Waals surface area contributed by atoms with Crippen molar-refractivity contribution in [2.24, 2.45) is 0 Å². The Hall–Kier alpha value is -0.490. The van der Waals surface area contributed by atoms with Crippen LogP contribution < -0.4 is 0 Å². The van der Waals surface area contributed by atoms with Crippen molar-refractivity contribution in [1.82, 2.24) is 0 Å². The average Bonchev–Trinajstić information content (AvgIpc) is 2.00. The Morgan fingerprint density at radius 2 is 1.82 bits per heavy atom. The van der Waals surface area contributed by atoms with Gasteiger partial charge < -0.3 is 20.4 Å². The highest BCUT2D eigenvalue weighted by Crippen LogP contribution is 2.00. The third-order valence-corrected chi connectivity index (χ3v) is 1.30. The second-order valence-electron chi connectivity index (χ2n) is 2.30. The summed E-state index contributed by atoms with van der Waals surface area (Å²) in [5, 5.41) is 34.6. The van der Waals surface area contributed by atoms with E-state index in [1.165, 1.54) is 6.92 Å². The lowest BCUT2D eigenvalue weighted by Crippen LogP contribution is -2.42. The first-order valence-electron chi connectivity index (χ1n) is 3.18. The maximum Gasteiger partial charge on any atom is 0.189 e. The van der Waals surface area contributed by atoms with E-state index in [2.05, 4.69) is 0 Å². The molecule has 0 heterocycles. The molecule has 0 amide bonds. The quantitative estimate of drug-likeness (QED) is 0.373. The Balaban J connectivity index is 4.01. The van der Waals surface area contributed by atoms with Crippen molar-refractivity contribution in [1.29, 1.82) is 0 Å². The van der Waals surface area contributed by atoms with Crippen molar-refractivity contribution in [2.75, 3.05) is 6.61 Å². The van der Waals surface area contributed by atoms with Crippen LogP contribution in [0.1, 0.15) is 6.92 Å². The van der Waals surface area contributed by atoms with E-state index >= 15 is 0 Å². The molecule has 66 valence electrons. The maximum absolute atomic E-state index is 10.5. The molecule has 0 fully saturated rings. The van der Waals surface area contributed by atoms with Gasteiger partial charge >= 0.3 is 0 Å². The van der Waals surface area contributed by atoms with Crippen LogP contribution in [0.5, 0.6) is 0 Å². The molecular weight excluding hydrogens is 152 g/mol. The summed E-state index contributed by atoms with van der Waals surface area (Å²) in [5.74, 6) is -0.904. The lowest BCUT2D eigenvalue weighted by Gasteiger charge is -2.17. The van der Waals surface area contributed by atoms with Crippen LogP contribution in [-0.2, 0) is 4.79 Å². The summed E-state index contributed by atoms with van der Waals surface area (Å²) in [6.07, 6.45) is -4.44. The van der Waals surface area contributed by atoms with Crippen LogP contribution in [0, 0.1) is 0 Å². The van der Waals surface area contributed by atoms with Crippen molar-refractivity contribution < 1.29 is 25.2 Å². The third-order valence-electron chi connectivity index (χ3n) is 1.30. The van der Waals surface area contributed by atoms with Gasteiger partial charge in [0, 0.05) is 0 Å². The van der Waals surface area contributed by atoms with Crippen molar-refractivity contribution in [3.63, 3.8) is 0 Å². The molecule has 5 heteroatoms. The molecule has 0 saturated heterocycles. The highest BCUT2D eigenvalue weighted by Gasteiger charge is 2.26. The van der Waals surface area contributed by atoms with E-state index in [4.69, 9.17) is 20.4 Å². The van der Waals surface area contributed by atoms with Crippen LogP contribution in [0.3, 0.4) is 0 Å². The van der Waals surface area contributed by atoms with E-state index < -0.39 is 30.7 Å². The molecule has 0 rings (SSSR count). The van der Waals surface area contributed by atoms with Crippen molar-refractivity contribution >= 4 is 5.78 Å². The summed E-state index contributed by atoms with van der Waals surface area (Å²) in [5.41, 5.74) is 0. The first-order valence-corrected chi connectivity index (χ1v) is 3.18. The summed E-state index contributed by atoms with van der Waals surface area (Å²) >= 11 is 0. The Bertz CT molecular complexity index is 133. The molecule has 3 atom stereocenters. The van der Waals surface area contributed by atoms with E-state index in [1.807, 2.05) is 0 Å². The summed E-state index contributed by atoms with van der Waals surface area (Å²) in [7, 11) is 0. The minimum absolute atomic E-state index is 0.842. The van der Waals surface area contributed by atoms with E-state index in [9.17, 15) is 4.79 Å². The van der Waals surface area contributed by atoms with Gasteiger partial charge in [-0.25, -0.2) is 0 Å². The lowest BCUT2D eigenvalue weighted by atomic mass is 10.1. The minimum atomic E-state index is -1.71. The van der Waals surface area contributed by atoms with Crippen LogP contribution >= 0.6 is 0 Å². The zero-order valence-corrected chi connectivity index (χ0v) is 6.14. The number of rotatable bonds is 4. The van der Waals surface area contributed by atoms with E-state index in [0.29, 0.717) is 0 Å². The molecule has 0 spiro atoms. The van der Waals surface area contributed by atoms with Crippen molar-refractivity contribution in [3.8, 4) is 0 Å². The van der Waals surface area contributed by atoms with Gasteiger partial charge in [0.1, 0.15) is 18.8 Å². The molecule has 0 aliphatic carbocycles. The molecule has 0 aromatic heterocycles. The number of hydrogen-bond acceptors (Lipinski definition) is 5. The van der Waals surface area contributed by atoms with Crippen LogP contribution in [0.15, 0.2) is 0 Å². The summed E-state index contributed by atoms with van der Waals surface area (Å²) in [6, 6.07) is 0. The second-order valence-corrected chi connectivity index (χ2v) is 2.30. The standard InChI is InChI=1S/C6H12O5/c1-3(8)5(10)6(11)4(9)2-7/h3,5-8,10-11H,2H2,1H3/t3?,5-,6+/m0/s1. The Labute approximate surface area is 63.9 Å². The fourth-order valence-electron chi connectivity index (χ4n) is 0.548. The van der Waals surface area contributed by atoms with Crippen molar-refractivity contribution in [3.05, 3.63) is 0 Å². The monoisotopic (exact) mass is 164 g/mol. The number of hydrogen-bond donors (Lipinski definition) is 4. The number of aliphatic hydroxyl groups is 4. The molecule has 0 saturated carbocycles. The predicted molar refractivity (Wildman–Crippen MR) is 35.8 cm³/mol. The third kappa shape index (κ3) is 2.94. The topological polar surface area (TPSA) is 98.0 Å². The minimum Gasteiger partial charge on any atom is -0.391 e. The number of carbonyl (C=O) groups excluding carboxylic acids is 1. The molecule has 0 aliphatic heterocycles. The fourth-order valence-corrected chi connectivity index (χ4v) is 0.548. The zero-order valence-electron chi connectivity index (χ0n) is 6.14. The molecule has 0 aromatic rings. The number of carbonyl (C=O) groups is 1. The number of aliphatic hydroxyl groups excluding tert-OH is 4. The van der Waals surface area contributed by atoms with Crippen LogP contribution in [0.2, 0.25) is 0 Å². The summed E-state index contributed by atoms with van der Waals surface area (Å²) < 4.78 is 0. The SMILES string of the molecule is CC(O)[C@H](O)[C@H](O)C(=O)CO. The van der Waals surface area contributed by atoms with Crippen LogP contribution in [0.25, 0.3) is 0 Å². The van der Waals surface area contributed by atoms with Gasteiger partial charge in [0.05, 0.1) is 6.10 Å². The lowest BCUT2D eigenvalue weighted by molar-refractivity contribution is -0.140. The highest BCUT2D eigenvalue weighted by atomic mass is 16.4. The second kappa shape index (κ2) is 4.40. The smallest absolute Gasteiger partial charge is 0.189 e.